The molecule has 4 nitrogen and oxygen atoms in total. The van der Waals surface area contributed by atoms with Gasteiger partial charge in [-0.3, -0.25) is 4.99 Å². The molecule has 1 rings (SSSR count). The van der Waals surface area contributed by atoms with E-state index in [1.54, 1.807) is 11.3 Å². The van der Waals surface area contributed by atoms with Crippen molar-refractivity contribution in [3.05, 3.63) is 15.6 Å². The number of nitrogens with zero attached hydrogens (tertiary/aromatic N) is 2. The summed E-state index contributed by atoms with van der Waals surface area (Å²) in [6, 6.07) is 0. The summed E-state index contributed by atoms with van der Waals surface area (Å²) in [5, 5.41) is 7.87. The molecule has 0 aliphatic carbocycles. The van der Waals surface area contributed by atoms with Gasteiger partial charge in [0, 0.05) is 30.9 Å². The highest BCUT2D eigenvalue weighted by Crippen LogP contribution is 2.16. The number of rotatable bonds is 8. The van der Waals surface area contributed by atoms with E-state index in [1.165, 1.54) is 22.7 Å². The lowest BCUT2D eigenvalue weighted by atomic mass is 10.2. The zero-order valence-electron chi connectivity index (χ0n) is 13.3. The van der Waals surface area contributed by atoms with E-state index in [4.69, 9.17) is 0 Å². The molecule has 0 bridgehead atoms. The number of thiazole rings is 1. The van der Waals surface area contributed by atoms with Crippen molar-refractivity contribution in [2.75, 3.05) is 19.6 Å². The molecule has 114 valence electrons. The Balaban J connectivity index is 2.34. The first-order chi connectivity index (χ1) is 9.67. The second-order valence-electron chi connectivity index (χ2n) is 4.89. The van der Waals surface area contributed by atoms with Crippen LogP contribution in [-0.4, -0.2) is 30.6 Å². The van der Waals surface area contributed by atoms with Gasteiger partial charge in [0.2, 0.25) is 0 Å². The van der Waals surface area contributed by atoms with Gasteiger partial charge in [-0.1, -0.05) is 19.8 Å². The lowest BCUT2D eigenvalue weighted by Crippen LogP contribution is -2.38. The van der Waals surface area contributed by atoms with Crippen LogP contribution in [0.5, 0.6) is 0 Å². The minimum absolute atomic E-state index is 0.881. The fourth-order valence-electron chi connectivity index (χ4n) is 1.83. The standard InChI is InChI=1S/C15H28N4S/c1-5-7-8-10-17-15(16-6-2)18-11-9-14-19-12(3)13(4)20-14/h5-11H2,1-4H3,(H2,16,17,18). The van der Waals surface area contributed by atoms with Gasteiger partial charge in [-0.15, -0.1) is 11.3 Å². The third-order valence-corrected chi connectivity index (χ3v) is 4.21. The van der Waals surface area contributed by atoms with Crippen LogP contribution in [0.4, 0.5) is 0 Å². The fraction of sp³-hybridized carbons (Fsp3) is 0.733. The number of hydrogen-bond acceptors (Lipinski definition) is 3. The second-order valence-corrected chi connectivity index (χ2v) is 6.18. The van der Waals surface area contributed by atoms with Crippen LogP contribution in [0.3, 0.4) is 0 Å². The summed E-state index contributed by atoms with van der Waals surface area (Å²) in [5.41, 5.74) is 1.16. The van der Waals surface area contributed by atoms with Crippen LogP contribution in [0.25, 0.3) is 0 Å². The molecule has 0 saturated heterocycles. The Hall–Kier alpha value is -1.10. The third-order valence-electron chi connectivity index (χ3n) is 3.08. The maximum atomic E-state index is 4.58. The summed E-state index contributed by atoms with van der Waals surface area (Å²) in [5.74, 6) is 0.925. The molecule has 0 fully saturated rings. The number of guanidine groups is 1. The Morgan fingerprint density at radius 3 is 2.60 bits per heavy atom. The second kappa shape index (κ2) is 9.75. The molecular weight excluding hydrogens is 268 g/mol. The summed E-state index contributed by atoms with van der Waals surface area (Å²) in [6.45, 7) is 11.2. The molecule has 0 aliphatic heterocycles. The van der Waals surface area contributed by atoms with Crippen LogP contribution in [0.1, 0.15) is 48.7 Å². The van der Waals surface area contributed by atoms with Gasteiger partial charge in [0.25, 0.3) is 0 Å². The van der Waals surface area contributed by atoms with Crippen LogP contribution in [0.15, 0.2) is 4.99 Å². The Kier molecular flexibility index (Phi) is 8.26. The molecule has 0 radical (unpaired) electrons. The molecule has 20 heavy (non-hydrogen) atoms. The first-order valence-corrected chi connectivity index (χ1v) is 8.44. The van der Waals surface area contributed by atoms with E-state index in [0.29, 0.717) is 0 Å². The van der Waals surface area contributed by atoms with Gasteiger partial charge in [-0.05, 0) is 27.2 Å². The van der Waals surface area contributed by atoms with Crippen molar-refractivity contribution in [2.45, 2.75) is 53.4 Å². The SMILES string of the molecule is CCCCCN=C(NCC)NCCc1nc(C)c(C)s1. The predicted molar refractivity (Wildman–Crippen MR) is 88.8 cm³/mol. The fourth-order valence-corrected chi connectivity index (χ4v) is 2.76. The molecule has 0 atom stereocenters. The highest BCUT2D eigenvalue weighted by atomic mass is 32.1. The molecule has 0 saturated carbocycles. The molecule has 0 aliphatic rings. The van der Waals surface area contributed by atoms with E-state index in [-0.39, 0.29) is 0 Å². The number of aryl methyl sites for hydroxylation is 2. The molecule has 1 heterocycles. The minimum Gasteiger partial charge on any atom is -0.357 e. The van der Waals surface area contributed by atoms with E-state index < -0.39 is 0 Å². The van der Waals surface area contributed by atoms with E-state index in [1.807, 2.05) is 0 Å². The monoisotopic (exact) mass is 296 g/mol. The first kappa shape index (κ1) is 17.0. The molecule has 0 amide bonds. The van der Waals surface area contributed by atoms with Crippen molar-refractivity contribution >= 4 is 17.3 Å². The van der Waals surface area contributed by atoms with Gasteiger partial charge in [0.15, 0.2) is 5.96 Å². The zero-order valence-corrected chi connectivity index (χ0v) is 14.1. The average molecular weight is 296 g/mol. The summed E-state index contributed by atoms with van der Waals surface area (Å²) in [4.78, 5) is 10.5. The van der Waals surface area contributed by atoms with Crippen LogP contribution in [0, 0.1) is 13.8 Å². The number of aromatic nitrogens is 1. The summed E-state index contributed by atoms with van der Waals surface area (Å²) >= 11 is 1.79. The minimum atomic E-state index is 0.881. The largest absolute Gasteiger partial charge is 0.357 e. The first-order valence-electron chi connectivity index (χ1n) is 7.62. The van der Waals surface area contributed by atoms with E-state index in [9.17, 15) is 0 Å². The van der Waals surface area contributed by atoms with Gasteiger partial charge < -0.3 is 10.6 Å². The summed E-state index contributed by atoms with van der Waals surface area (Å²) in [6.07, 6.45) is 4.61. The summed E-state index contributed by atoms with van der Waals surface area (Å²) < 4.78 is 0. The average Bonchev–Trinajstić information content (AvgIpc) is 2.73. The lowest BCUT2D eigenvalue weighted by molar-refractivity contribution is 0.716. The van der Waals surface area contributed by atoms with Gasteiger partial charge in [0.1, 0.15) is 0 Å². The molecule has 0 unspecified atom stereocenters. The number of unbranched alkanes of at least 4 members (excludes halogenated alkanes) is 2. The predicted octanol–water partition coefficient (Wildman–Crippen LogP) is 3.05. The number of nitrogens with one attached hydrogen (secondary N) is 2. The van der Waals surface area contributed by atoms with Gasteiger partial charge in [-0.25, -0.2) is 4.98 Å². The summed E-state index contributed by atoms with van der Waals surface area (Å²) in [7, 11) is 0. The van der Waals surface area contributed by atoms with E-state index in [2.05, 4.69) is 48.3 Å². The highest BCUT2D eigenvalue weighted by Gasteiger charge is 2.03. The quantitative estimate of drug-likeness (QED) is 0.440. The highest BCUT2D eigenvalue weighted by molar-refractivity contribution is 7.11. The van der Waals surface area contributed by atoms with Crippen molar-refractivity contribution < 1.29 is 0 Å². The molecule has 0 aromatic carbocycles. The van der Waals surface area contributed by atoms with Crippen molar-refractivity contribution in [3.8, 4) is 0 Å². The van der Waals surface area contributed by atoms with Crippen molar-refractivity contribution in [1.29, 1.82) is 0 Å². The maximum absolute atomic E-state index is 4.58. The third kappa shape index (κ3) is 6.37. The van der Waals surface area contributed by atoms with Crippen LogP contribution >= 0.6 is 11.3 Å². The Labute approximate surface area is 127 Å². The number of hydrogen-bond donors (Lipinski definition) is 2. The molecular formula is C15H28N4S. The lowest BCUT2D eigenvalue weighted by Gasteiger charge is -2.10. The molecule has 2 N–H and O–H groups in total. The molecule has 0 spiro atoms. The topological polar surface area (TPSA) is 49.3 Å². The Morgan fingerprint density at radius 2 is 2.00 bits per heavy atom. The van der Waals surface area contributed by atoms with E-state index in [0.717, 1.165) is 44.1 Å². The van der Waals surface area contributed by atoms with Crippen molar-refractivity contribution in [3.63, 3.8) is 0 Å². The normalized spacial score (nSPS) is 11.7. The van der Waals surface area contributed by atoms with Gasteiger partial charge >= 0.3 is 0 Å². The van der Waals surface area contributed by atoms with Crippen LogP contribution < -0.4 is 10.6 Å². The van der Waals surface area contributed by atoms with E-state index >= 15 is 0 Å². The van der Waals surface area contributed by atoms with Crippen molar-refractivity contribution in [2.24, 2.45) is 4.99 Å². The molecule has 5 heteroatoms. The Bertz CT molecular complexity index is 393. The van der Waals surface area contributed by atoms with Crippen LogP contribution in [0.2, 0.25) is 0 Å². The van der Waals surface area contributed by atoms with Gasteiger partial charge in [0.05, 0.1) is 10.7 Å². The van der Waals surface area contributed by atoms with Gasteiger partial charge in [-0.2, -0.15) is 0 Å². The molecule has 1 aromatic rings. The molecule has 1 aromatic heterocycles. The number of aliphatic imine (C=N–C) groups is 1. The smallest absolute Gasteiger partial charge is 0.191 e. The maximum Gasteiger partial charge on any atom is 0.191 e. The zero-order chi connectivity index (χ0) is 14.8. The van der Waals surface area contributed by atoms with Crippen molar-refractivity contribution in [1.82, 2.24) is 15.6 Å². The van der Waals surface area contributed by atoms with Crippen LogP contribution in [-0.2, 0) is 6.42 Å². The Morgan fingerprint density at radius 1 is 1.20 bits per heavy atom.